The van der Waals surface area contributed by atoms with E-state index in [9.17, 15) is 9.59 Å². The zero-order chi connectivity index (χ0) is 19.2. The highest BCUT2D eigenvalue weighted by molar-refractivity contribution is 6.36. The summed E-state index contributed by atoms with van der Waals surface area (Å²) in [5.41, 5.74) is 0.496. The van der Waals surface area contributed by atoms with Crippen molar-refractivity contribution in [1.82, 2.24) is 19.7 Å². The van der Waals surface area contributed by atoms with E-state index in [1.54, 1.807) is 34.1 Å². The van der Waals surface area contributed by atoms with Crippen molar-refractivity contribution in [2.75, 3.05) is 11.9 Å². The van der Waals surface area contributed by atoms with E-state index in [1.165, 1.54) is 6.33 Å². The molecule has 0 saturated carbocycles. The van der Waals surface area contributed by atoms with Crippen molar-refractivity contribution in [2.24, 2.45) is 0 Å². The number of rotatable bonds is 6. The standard InChI is InChI=1S/C18H21Cl2N5O2/c19-13-6-7-15(14(20)10-13)23-18(27)16-4-1-2-9-25(16)17(26)5-3-8-24-12-21-11-22-24/h6-7,10-12,16H,1-5,8-9H2,(H,23,27). The fraction of sp³-hybridized carbons (Fsp3) is 0.444. The molecule has 1 atom stereocenters. The molecule has 1 aliphatic heterocycles. The molecule has 2 aromatic rings. The molecule has 27 heavy (non-hydrogen) atoms. The Hall–Kier alpha value is -2.12. The van der Waals surface area contributed by atoms with E-state index in [4.69, 9.17) is 23.2 Å². The Morgan fingerprint density at radius 3 is 2.85 bits per heavy atom. The summed E-state index contributed by atoms with van der Waals surface area (Å²) in [6, 6.07) is 4.42. The number of carbonyl (C=O) groups excluding carboxylic acids is 2. The lowest BCUT2D eigenvalue weighted by atomic mass is 10.0. The number of benzene rings is 1. The molecular weight excluding hydrogens is 389 g/mol. The first-order chi connectivity index (χ1) is 13.0. The first kappa shape index (κ1) is 19.6. The van der Waals surface area contributed by atoms with E-state index in [2.05, 4.69) is 15.4 Å². The smallest absolute Gasteiger partial charge is 0.247 e. The van der Waals surface area contributed by atoms with E-state index >= 15 is 0 Å². The van der Waals surface area contributed by atoms with Crippen molar-refractivity contribution in [1.29, 1.82) is 0 Å². The maximum atomic E-state index is 12.8. The van der Waals surface area contributed by atoms with Crippen molar-refractivity contribution in [3.8, 4) is 0 Å². The van der Waals surface area contributed by atoms with Crippen LogP contribution in [0, 0.1) is 0 Å². The normalized spacial score (nSPS) is 17.0. The number of aromatic nitrogens is 3. The molecule has 1 N–H and O–H groups in total. The first-order valence-electron chi connectivity index (χ1n) is 8.92. The predicted molar refractivity (Wildman–Crippen MR) is 104 cm³/mol. The predicted octanol–water partition coefficient (Wildman–Crippen LogP) is 3.38. The molecule has 3 rings (SSSR count). The van der Waals surface area contributed by atoms with Crippen LogP contribution in [0.5, 0.6) is 0 Å². The van der Waals surface area contributed by atoms with E-state index in [0.717, 1.165) is 12.8 Å². The van der Waals surface area contributed by atoms with Crippen LogP contribution in [0.25, 0.3) is 0 Å². The van der Waals surface area contributed by atoms with Crippen molar-refractivity contribution in [3.05, 3.63) is 40.9 Å². The Balaban J connectivity index is 1.59. The summed E-state index contributed by atoms with van der Waals surface area (Å²) < 4.78 is 1.69. The maximum absolute atomic E-state index is 12.8. The molecule has 1 aromatic carbocycles. The summed E-state index contributed by atoms with van der Waals surface area (Å²) >= 11 is 12.0. The van der Waals surface area contributed by atoms with Gasteiger partial charge in [-0.05, 0) is 43.9 Å². The van der Waals surface area contributed by atoms with E-state index in [1.807, 2.05) is 0 Å². The molecule has 0 radical (unpaired) electrons. The number of carbonyl (C=O) groups is 2. The Labute approximate surface area is 167 Å². The van der Waals surface area contributed by atoms with E-state index < -0.39 is 6.04 Å². The number of nitrogens with one attached hydrogen (secondary N) is 1. The fourth-order valence-corrected chi connectivity index (χ4v) is 3.65. The fourth-order valence-electron chi connectivity index (χ4n) is 3.19. The van der Waals surface area contributed by atoms with Gasteiger partial charge in [-0.2, -0.15) is 5.10 Å². The van der Waals surface area contributed by atoms with Crippen LogP contribution in [0.2, 0.25) is 10.0 Å². The third-order valence-corrected chi connectivity index (χ3v) is 5.11. The summed E-state index contributed by atoms with van der Waals surface area (Å²) in [6.45, 7) is 1.21. The number of amides is 2. The SMILES string of the molecule is O=C(Nc1ccc(Cl)cc1Cl)C1CCCCN1C(=O)CCCn1cncn1. The van der Waals surface area contributed by atoms with Crippen LogP contribution < -0.4 is 5.32 Å². The summed E-state index contributed by atoms with van der Waals surface area (Å²) in [5, 5.41) is 7.72. The second kappa shape index (κ2) is 9.19. The van der Waals surface area contributed by atoms with Gasteiger partial charge in [-0.25, -0.2) is 4.98 Å². The number of likely N-dealkylation sites (tertiary alicyclic amines) is 1. The van der Waals surface area contributed by atoms with Gasteiger partial charge in [-0.15, -0.1) is 0 Å². The van der Waals surface area contributed by atoms with Crippen molar-refractivity contribution < 1.29 is 9.59 Å². The summed E-state index contributed by atoms with van der Waals surface area (Å²) in [5.74, 6) is -0.235. The van der Waals surface area contributed by atoms with Crippen molar-refractivity contribution in [3.63, 3.8) is 0 Å². The van der Waals surface area contributed by atoms with Gasteiger partial charge in [-0.1, -0.05) is 23.2 Å². The average Bonchev–Trinajstić information content (AvgIpc) is 3.17. The third kappa shape index (κ3) is 5.20. The molecule has 2 heterocycles. The summed E-state index contributed by atoms with van der Waals surface area (Å²) in [6.07, 6.45) is 6.56. The average molecular weight is 410 g/mol. The highest BCUT2D eigenvalue weighted by Crippen LogP contribution is 2.27. The van der Waals surface area contributed by atoms with Gasteiger partial charge in [0.25, 0.3) is 0 Å². The molecule has 2 amide bonds. The van der Waals surface area contributed by atoms with Gasteiger partial charge in [0.15, 0.2) is 0 Å². The van der Waals surface area contributed by atoms with Gasteiger partial charge in [0.05, 0.1) is 10.7 Å². The molecule has 1 aromatic heterocycles. The number of anilines is 1. The second-order valence-electron chi connectivity index (χ2n) is 6.47. The zero-order valence-electron chi connectivity index (χ0n) is 14.8. The molecule has 1 saturated heterocycles. The lowest BCUT2D eigenvalue weighted by Gasteiger charge is -2.35. The Morgan fingerprint density at radius 2 is 2.11 bits per heavy atom. The maximum Gasteiger partial charge on any atom is 0.247 e. The van der Waals surface area contributed by atoms with Gasteiger partial charge < -0.3 is 10.2 Å². The topological polar surface area (TPSA) is 80.1 Å². The van der Waals surface area contributed by atoms with Crippen molar-refractivity contribution >= 4 is 40.7 Å². The first-order valence-corrected chi connectivity index (χ1v) is 9.68. The monoisotopic (exact) mass is 409 g/mol. The van der Waals surface area contributed by atoms with Crippen LogP contribution in [0.3, 0.4) is 0 Å². The molecule has 7 nitrogen and oxygen atoms in total. The van der Waals surface area contributed by atoms with Gasteiger partial charge in [0, 0.05) is 24.5 Å². The second-order valence-corrected chi connectivity index (χ2v) is 7.32. The highest BCUT2D eigenvalue weighted by Gasteiger charge is 2.32. The molecule has 0 spiro atoms. The number of aryl methyl sites for hydroxylation is 1. The molecule has 9 heteroatoms. The molecule has 0 bridgehead atoms. The lowest BCUT2D eigenvalue weighted by Crippen LogP contribution is -2.50. The zero-order valence-corrected chi connectivity index (χ0v) is 16.3. The van der Waals surface area contributed by atoms with Gasteiger partial charge in [0.2, 0.25) is 11.8 Å². The molecule has 1 aliphatic rings. The van der Waals surface area contributed by atoms with Gasteiger partial charge >= 0.3 is 0 Å². The summed E-state index contributed by atoms with van der Waals surface area (Å²) in [7, 11) is 0. The quantitative estimate of drug-likeness (QED) is 0.792. The summed E-state index contributed by atoms with van der Waals surface area (Å²) in [4.78, 5) is 31.0. The molecule has 144 valence electrons. The largest absolute Gasteiger partial charge is 0.331 e. The number of piperidine rings is 1. The molecule has 1 unspecified atom stereocenters. The van der Waals surface area contributed by atoms with Gasteiger partial charge in [0.1, 0.15) is 18.7 Å². The molecule has 1 fully saturated rings. The van der Waals surface area contributed by atoms with Crippen LogP contribution in [0.1, 0.15) is 32.1 Å². The van der Waals surface area contributed by atoms with Crippen LogP contribution in [-0.4, -0.2) is 44.1 Å². The van der Waals surface area contributed by atoms with Crippen LogP contribution >= 0.6 is 23.2 Å². The number of hydrogen-bond acceptors (Lipinski definition) is 4. The van der Waals surface area contributed by atoms with Crippen LogP contribution in [0.15, 0.2) is 30.9 Å². The highest BCUT2D eigenvalue weighted by atomic mass is 35.5. The van der Waals surface area contributed by atoms with Crippen LogP contribution in [0.4, 0.5) is 5.69 Å². The molecule has 0 aliphatic carbocycles. The lowest BCUT2D eigenvalue weighted by molar-refractivity contribution is -0.140. The van der Waals surface area contributed by atoms with E-state index in [0.29, 0.717) is 48.1 Å². The number of halogens is 2. The minimum absolute atomic E-state index is 0.0165. The van der Waals surface area contributed by atoms with Crippen molar-refractivity contribution in [2.45, 2.75) is 44.7 Å². The minimum Gasteiger partial charge on any atom is -0.331 e. The Bertz CT molecular complexity index is 797. The van der Waals surface area contributed by atoms with Crippen LogP contribution in [-0.2, 0) is 16.1 Å². The van der Waals surface area contributed by atoms with Gasteiger partial charge in [-0.3, -0.25) is 14.3 Å². The van der Waals surface area contributed by atoms with E-state index in [-0.39, 0.29) is 11.8 Å². The third-order valence-electron chi connectivity index (χ3n) is 4.56. The minimum atomic E-state index is -0.482. The Morgan fingerprint density at radius 1 is 1.26 bits per heavy atom. The Kier molecular flexibility index (Phi) is 6.68. The number of hydrogen-bond donors (Lipinski definition) is 1. The molecular formula is C18H21Cl2N5O2. The number of nitrogens with zero attached hydrogens (tertiary/aromatic N) is 4.